The lowest BCUT2D eigenvalue weighted by Crippen LogP contribution is -2.22. The molecule has 2 aromatic heterocycles. The maximum absolute atomic E-state index is 14.2. The normalized spacial score (nSPS) is 10.6. The number of halogens is 5. The zero-order valence-corrected chi connectivity index (χ0v) is 16.9. The predicted molar refractivity (Wildman–Crippen MR) is 109 cm³/mol. The van der Waals surface area contributed by atoms with Gasteiger partial charge in [-0.1, -0.05) is 11.6 Å². The molecule has 0 radical (unpaired) electrons. The van der Waals surface area contributed by atoms with Crippen molar-refractivity contribution in [2.45, 2.75) is 6.18 Å². The van der Waals surface area contributed by atoms with Crippen LogP contribution in [0.1, 0.15) is 10.4 Å². The van der Waals surface area contributed by atoms with Gasteiger partial charge < -0.3 is 25.9 Å². The van der Waals surface area contributed by atoms with Crippen molar-refractivity contribution in [1.29, 1.82) is 0 Å². The van der Waals surface area contributed by atoms with Crippen LogP contribution in [0, 0.1) is 5.82 Å². The second-order valence-corrected chi connectivity index (χ2v) is 6.42. The Balaban J connectivity index is 0.000000479. The standard InChI is InChI=1S/C17H12ClFN4O3.C2HF3O2/c18-9-5-12(16(24)22-8-9)17(25)23-10-1-2-14(13(19)6-10)26-11-3-4-21-15(20)7-11;3-2(4,5)1(6)7/h1-8H,(H2,20,21)(H,22,24)(H,23,25);(H,6,7). The molecule has 0 aliphatic rings. The Morgan fingerprint density at radius 3 is 2.42 bits per heavy atom. The summed E-state index contributed by atoms with van der Waals surface area (Å²) in [5.74, 6) is -3.69. The first-order chi connectivity index (χ1) is 15.4. The number of nitrogen functional groups attached to an aromatic ring is 1. The van der Waals surface area contributed by atoms with Crippen molar-refractivity contribution in [2.24, 2.45) is 0 Å². The molecule has 0 bridgehead atoms. The zero-order valence-electron chi connectivity index (χ0n) is 16.1. The molecule has 0 aliphatic heterocycles. The fourth-order valence-corrected chi connectivity index (χ4v) is 2.27. The number of pyridine rings is 2. The van der Waals surface area contributed by atoms with Crippen LogP contribution in [0.25, 0.3) is 0 Å². The summed E-state index contributed by atoms with van der Waals surface area (Å²) in [4.78, 5) is 38.9. The number of aromatic nitrogens is 2. The number of hydrogen-bond acceptors (Lipinski definition) is 6. The van der Waals surface area contributed by atoms with E-state index in [1.807, 2.05) is 0 Å². The lowest BCUT2D eigenvalue weighted by molar-refractivity contribution is -0.192. The van der Waals surface area contributed by atoms with E-state index in [9.17, 15) is 27.2 Å². The highest BCUT2D eigenvalue weighted by molar-refractivity contribution is 6.30. The molecule has 0 atom stereocenters. The lowest BCUT2D eigenvalue weighted by atomic mass is 10.2. The topological polar surface area (TPSA) is 147 Å². The minimum absolute atomic E-state index is 0.0609. The predicted octanol–water partition coefficient (Wildman–Crippen LogP) is 3.82. The third kappa shape index (κ3) is 7.50. The Bertz CT molecular complexity index is 1230. The van der Waals surface area contributed by atoms with Gasteiger partial charge in [-0.3, -0.25) is 9.59 Å². The van der Waals surface area contributed by atoms with Crippen LogP contribution in [0.5, 0.6) is 11.5 Å². The first kappa shape index (κ1) is 25.1. The number of carboxylic acid groups (broad SMARTS) is 1. The lowest BCUT2D eigenvalue weighted by Gasteiger charge is -2.09. The molecule has 3 rings (SSSR count). The Kier molecular flexibility index (Phi) is 7.96. The van der Waals surface area contributed by atoms with E-state index in [0.29, 0.717) is 5.75 Å². The average Bonchev–Trinajstić information content (AvgIpc) is 2.71. The number of nitrogens with one attached hydrogen (secondary N) is 2. The molecule has 3 aromatic rings. The number of ether oxygens (including phenoxy) is 1. The summed E-state index contributed by atoms with van der Waals surface area (Å²) < 4.78 is 51.3. The number of amides is 1. The van der Waals surface area contributed by atoms with Crippen molar-refractivity contribution < 1.29 is 37.0 Å². The average molecular weight is 489 g/mol. The minimum atomic E-state index is -5.08. The molecule has 1 aromatic carbocycles. The Hall–Kier alpha value is -4.13. The van der Waals surface area contributed by atoms with Gasteiger partial charge in [-0.2, -0.15) is 13.2 Å². The van der Waals surface area contributed by atoms with Crippen LogP contribution in [0.15, 0.2) is 53.6 Å². The van der Waals surface area contributed by atoms with Crippen molar-refractivity contribution in [3.63, 3.8) is 0 Å². The van der Waals surface area contributed by atoms with Gasteiger partial charge in [0.1, 0.15) is 17.1 Å². The molecule has 0 unspecified atom stereocenters. The first-order valence-electron chi connectivity index (χ1n) is 8.55. The van der Waals surface area contributed by atoms with Crippen molar-refractivity contribution in [1.82, 2.24) is 9.97 Å². The van der Waals surface area contributed by atoms with Crippen LogP contribution >= 0.6 is 11.6 Å². The van der Waals surface area contributed by atoms with E-state index in [1.54, 1.807) is 0 Å². The summed E-state index contributed by atoms with van der Waals surface area (Å²) >= 11 is 5.76. The molecule has 33 heavy (non-hydrogen) atoms. The fraction of sp³-hybridized carbons (Fsp3) is 0.0526. The SMILES string of the molecule is Nc1cc(Oc2ccc(NC(=O)c3cc(Cl)c[nH]c3=O)cc2F)ccn1.O=C(O)C(F)(F)F. The number of aromatic amines is 1. The number of nitrogens with zero attached hydrogens (tertiary/aromatic N) is 1. The molecule has 0 fully saturated rings. The van der Waals surface area contributed by atoms with Gasteiger partial charge >= 0.3 is 12.1 Å². The summed E-state index contributed by atoms with van der Waals surface area (Å²) in [6, 6.07) is 8.02. The highest BCUT2D eigenvalue weighted by atomic mass is 35.5. The van der Waals surface area contributed by atoms with Crippen LogP contribution in [0.3, 0.4) is 0 Å². The van der Waals surface area contributed by atoms with Crippen molar-refractivity contribution in [3.8, 4) is 11.5 Å². The molecular weight excluding hydrogens is 476 g/mol. The largest absolute Gasteiger partial charge is 0.490 e. The summed E-state index contributed by atoms with van der Waals surface area (Å²) in [5, 5.41) is 9.74. The third-order valence-electron chi connectivity index (χ3n) is 3.53. The maximum Gasteiger partial charge on any atom is 0.490 e. The highest BCUT2D eigenvalue weighted by Crippen LogP contribution is 2.27. The number of nitrogens with two attached hydrogens (primary N) is 1. The van der Waals surface area contributed by atoms with Gasteiger partial charge in [-0.25, -0.2) is 14.2 Å². The number of anilines is 2. The second kappa shape index (κ2) is 10.5. The number of carbonyl (C=O) groups excluding carboxylic acids is 1. The van der Waals surface area contributed by atoms with Crippen LogP contribution in [0.4, 0.5) is 29.1 Å². The zero-order chi connectivity index (χ0) is 24.8. The first-order valence-corrected chi connectivity index (χ1v) is 8.93. The van der Waals surface area contributed by atoms with E-state index >= 15 is 0 Å². The molecule has 0 spiro atoms. The van der Waals surface area contributed by atoms with Gasteiger partial charge in [0, 0.05) is 30.2 Å². The van der Waals surface area contributed by atoms with E-state index in [-0.39, 0.29) is 27.8 Å². The minimum Gasteiger partial charge on any atom is -0.475 e. The van der Waals surface area contributed by atoms with E-state index in [4.69, 9.17) is 32.0 Å². The number of carbonyl (C=O) groups is 2. The van der Waals surface area contributed by atoms with Crippen LogP contribution in [-0.4, -0.2) is 33.1 Å². The molecule has 0 aliphatic carbocycles. The summed E-state index contributed by atoms with van der Waals surface area (Å²) in [6.07, 6.45) is -2.39. The maximum atomic E-state index is 14.2. The van der Waals surface area contributed by atoms with E-state index in [1.165, 1.54) is 42.7 Å². The Labute approximate surface area is 186 Å². The number of carboxylic acids is 1. The number of benzene rings is 1. The van der Waals surface area contributed by atoms with E-state index in [2.05, 4.69) is 15.3 Å². The highest BCUT2D eigenvalue weighted by Gasteiger charge is 2.38. The van der Waals surface area contributed by atoms with Crippen LogP contribution in [-0.2, 0) is 4.79 Å². The molecule has 2 heterocycles. The summed E-state index contributed by atoms with van der Waals surface area (Å²) in [6.45, 7) is 0. The molecule has 5 N–H and O–H groups in total. The van der Waals surface area contributed by atoms with Crippen molar-refractivity contribution in [3.05, 3.63) is 75.5 Å². The number of H-pyrrole nitrogens is 1. The molecule has 174 valence electrons. The smallest absolute Gasteiger partial charge is 0.475 e. The van der Waals surface area contributed by atoms with Crippen LogP contribution < -0.4 is 21.3 Å². The van der Waals surface area contributed by atoms with E-state index in [0.717, 1.165) is 6.07 Å². The molecule has 1 amide bonds. The molecular formula is C19H13ClF4N4O5. The molecule has 0 saturated carbocycles. The molecule has 14 heteroatoms. The van der Waals surface area contributed by atoms with Gasteiger partial charge in [0.2, 0.25) is 0 Å². The summed E-state index contributed by atoms with van der Waals surface area (Å²) in [5.41, 5.74) is 4.89. The number of alkyl halides is 3. The fourth-order valence-electron chi connectivity index (χ4n) is 2.10. The Morgan fingerprint density at radius 1 is 1.18 bits per heavy atom. The number of rotatable bonds is 4. The number of hydrogen-bond donors (Lipinski definition) is 4. The van der Waals surface area contributed by atoms with Crippen molar-refractivity contribution in [2.75, 3.05) is 11.1 Å². The van der Waals surface area contributed by atoms with Crippen LogP contribution in [0.2, 0.25) is 5.02 Å². The van der Waals surface area contributed by atoms with Gasteiger partial charge in [0.25, 0.3) is 11.5 Å². The molecule has 0 saturated heterocycles. The third-order valence-corrected chi connectivity index (χ3v) is 3.74. The van der Waals surface area contributed by atoms with Crippen molar-refractivity contribution >= 4 is 35.0 Å². The van der Waals surface area contributed by atoms with Gasteiger partial charge in [-0.15, -0.1) is 0 Å². The van der Waals surface area contributed by atoms with Gasteiger partial charge in [0.15, 0.2) is 11.6 Å². The Morgan fingerprint density at radius 2 is 1.85 bits per heavy atom. The van der Waals surface area contributed by atoms with E-state index < -0.39 is 29.4 Å². The summed E-state index contributed by atoms with van der Waals surface area (Å²) in [7, 11) is 0. The molecule has 9 nitrogen and oxygen atoms in total. The van der Waals surface area contributed by atoms with Gasteiger partial charge in [0.05, 0.1) is 5.02 Å². The van der Waals surface area contributed by atoms with Gasteiger partial charge in [-0.05, 0) is 24.3 Å². The second-order valence-electron chi connectivity index (χ2n) is 5.98. The number of aliphatic carboxylic acids is 1. The quantitative estimate of drug-likeness (QED) is 0.408. The monoisotopic (exact) mass is 488 g/mol.